The number of nitrogen functional groups attached to an aromatic ring is 1. The van der Waals surface area contributed by atoms with Gasteiger partial charge >= 0.3 is 6.18 Å². The lowest BCUT2D eigenvalue weighted by atomic mass is 9.90. The van der Waals surface area contributed by atoms with Crippen LogP contribution in [-0.4, -0.2) is 35.8 Å². The molecule has 2 atom stereocenters. The van der Waals surface area contributed by atoms with Gasteiger partial charge in [0, 0.05) is 29.9 Å². The summed E-state index contributed by atoms with van der Waals surface area (Å²) in [7, 11) is 3.43. The second-order valence-corrected chi connectivity index (χ2v) is 10.8. The van der Waals surface area contributed by atoms with Crippen LogP contribution in [0.25, 0.3) is 5.57 Å². The number of nitrogens with zero attached hydrogens (tertiary/aromatic N) is 3. The molecule has 2 N–H and O–H groups in total. The SMILES string of the molecule is CC/C=C(/N=C1/C=C(c2nc(N)cc(C)c2C(F)(F)F)C(F)=C/C1=C(/C)N(C)C(CCC(C)CC)C(C)C)OC. The topological polar surface area (TPSA) is 63.7 Å². The van der Waals surface area contributed by atoms with Gasteiger partial charge in [0.25, 0.3) is 0 Å². The van der Waals surface area contributed by atoms with Crippen molar-refractivity contribution in [2.45, 2.75) is 86.4 Å². The lowest BCUT2D eigenvalue weighted by molar-refractivity contribution is -0.138. The van der Waals surface area contributed by atoms with Gasteiger partial charge in [-0.1, -0.05) is 41.0 Å². The molecule has 1 aliphatic rings. The van der Waals surface area contributed by atoms with Crippen molar-refractivity contribution in [3.63, 3.8) is 0 Å². The van der Waals surface area contributed by atoms with E-state index in [1.165, 1.54) is 26.2 Å². The lowest BCUT2D eigenvalue weighted by Gasteiger charge is -2.36. The van der Waals surface area contributed by atoms with Gasteiger partial charge in [-0.2, -0.15) is 13.2 Å². The maximum atomic E-state index is 15.8. The molecule has 0 saturated heterocycles. The fourth-order valence-electron chi connectivity index (χ4n) is 4.92. The molecular weight excluding hydrogens is 520 g/mol. The number of anilines is 1. The Labute approximate surface area is 236 Å². The van der Waals surface area contributed by atoms with Gasteiger partial charge in [-0.05, 0) is 74.8 Å². The van der Waals surface area contributed by atoms with Gasteiger partial charge in [-0.15, -0.1) is 0 Å². The average molecular weight is 565 g/mol. The van der Waals surface area contributed by atoms with Gasteiger partial charge in [0.1, 0.15) is 11.6 Å². The van der Waals surface area contributed by atoms with E-state index in [1.54, 1.807) is 6.08 Å². The van der Waals surface area contributed by atoms with Gasteiger partial charge < -0.3 is 15.4 Å². The zero-order valence-electron chi connectivity index (χ0n) is 25.2. The Morgan fingerprint density at radius 2 is 1.82 bits per heavy atom. The number of pyridine rings is 1. The van der Waals surface area contributed by atoms with E-state index < -0.39 is 23.3 Å². The summed E-state index contributed by atoms with van der Waals surface area (Å²) in [6, 6.07) is 1.31. The summed E-state index contributed by atoms with van der Waals surface area (Å²) in [6.07, 6.45) is 3.26. The van der Waals surface area contributed by atoms with E-state index in [2.05, 4.69) is 42.6 Å². The van der Waals surface area contributed by atoms with Gasteiger partial charge in [0.05, 0.1) is 24.1 Å². The number of aryl methyl sites for hydroxylation is 1. The Morgan fingerprint density at radius 1 is 1.18 bits per heavy atom. The Kier molecular flexibility index (Phi) is 11.6. The second-order valence-electron chi connectivity index (χ2n) is 10.8. The number of aliphatic imine (C=N–C) groups is 1. The number of hydrogen-bond acceptors (Lipinski definition) is 5. The summed E-state index contributed by atoms with van der Waals surface area (Å²) in [4.78, 5) is 10.7. The van der Waals surface area contributed by atoms with E-state index in [0.29, 0.717) is 23.8 Å². The standard InChI is InChI=1S/C31H44F4N4O/c1-10-12-28(40-9)37-25-17-23(30-29(31(33,34)35)20(6)15-27(36)38-30)24(32)16-22(25)21(7)39(8)26(18(3)4)14-13-19(5)11-2/h12,15-19,26H,10-11,13-14H2,1-9H3,(H2,36,38)/b22-21+,28-12-,37-25-. The van der Waals surface area contributed by atoms with Crippen LogP contribution in [0.5, 0.6) is 0 Å². The molecule has 0 aliphatic heterocycles. The minimum Gasteiger partial charge on any atom is -0.481 e. The van der Waals surface area contributed by atoms with E-state index >= 15 is 4.39 Å². The maximum Gasteiger partial charge on any atom is 0.418 e. The number of alkyl halides is 3. The fourth-order valence-corrected chi connectivity index (χ4v) is 4.92. The summed E-state index contributed by atoms with van der Waals surface area (Å²) >= 11 is 0. The highest BCUT2D eigenvalue weighted by Crippen LogP contribution is 2.41. The van der Waals surface area contributed by atoms with Crippen molar-refractivity contribution in [3.05, 3.63) is 64.1 Å². The zero-order valence-corrected chi connectivity index (χ0v) is 25.2. The molecule has 0 amide bonds. The average Bonchev–Trinajstić information content (AvgIpc) is 2.86. The van der Waals surface area contributed by atoms with E-state index in [1.807, 2.05) is 20.9 Å². The van der Waals surface area contributed by atoms with Crippen LogP contribution < -0.4 is 5.73 Å². The molecule has 40 heavy (non-hydrogen) atoms. The van der Waals surface area contributed by atoms with E-state index in [0.717, 1.165) is 31.0 Å². The van der Waals surface area contributed by atoms with Crippen LogP contribution in [0.1, 0.15) is 84.0 Å². The number of methoxy groups -OCH3 is 1. The van der Waals surface area contributed by atoms with Crippen molar-refractivity contribution >= 4 is 17.1 Å². The minimum atomic E-state index is -4.76. The third-order valence-electron chi connectivity index (χ3n) is 7.52. The normalized spacial score (nSPS) is 18.4. The highest BCUT2D eigenvalue weighted by Gasteiger charge is 2.38. The fraction of sp³-hybridized carbons (Fsp3) is 0.548. The molecule has 0 radical (unpaired) electrons. The van der Waals surface area contributed by atoms with Crippen LogP contribution in [0.4, 0.5) is 23.4 Å². The number of rotatable bonds is 11. The largest absolute Gasteiger partial charge is 0.481 e. The molecule has 2 unspecified atom stereocenters. The first-order valence-electron chi connectivity index (χ1n) is 13.9. The number of hydrogen-bond donors (Lipinski definition) is 1. The van der Waals surface area contributed by atoms with E-state index in [4.69, 9.17) is 10.5 Å². The van der Waals surface area contributed by atoms with Crippen molar-refractivity contribution < 1.29 is 22.3 Å². The number of aromatic nitrogens is 1. The summed E-state index contributed by atoms with van der Waals surface area (Å²) in [6.45, 7) is 13.8. The predicted octanol–water partition coefficient (Wildman–Crippen LogP) is 8.64. The second kappa shape index (κ2) is 14.0. The number of halogens is 4. The third kappa shape index (κ3) is 7.98. The van der Waals surface area contributed by atoms with Gasteiger partial charge in [0.15, 0.2) is 0 Å². The van der Waals surface area contributed by atoms with E-state index in [-0.39, 0.29) is 34.6 Å². The molecule has 1 aliphatic carbocycles. The highest BCUT2D eigenvalue weighted by molar-refractivity contribution is 6.18. The van der Waals surface area contributed by atoms with Crippen LogP contribution in [0.2, 0.25) is 0 Å². The molecule has 9 heteroatoms. The van der Waals surface area contributed by atoms with Crippen LogP contribution in [0, 0.1) is 18.8 Å². The summed E-state index contributed by atoms with van der Waals surface area (Å²) in [5.41, 5.74) is 5.25. The first kappa shape index (κ1) is 33.1. The minimum absolute atomic E-state index is 0.130. The molecule has 2 rings (SSSR count). The van der Waals surface area contributed by atoms with Crippen molar-refractivity contribution in [1.29, 1.82) is 0 Å². The molecule has 222 valence electrons. The van der Waals surface area contributed by atoms with Gasteiger partial charge in [0.2, 0.25) is 5.88 Å². The maximum absolute atomic E-state index is 15.8. The van der Waals surface area contributed by atoms with Crippen LogP contribution in [0.3, 0.4) is 0 Å². The zero-order chi connectivity index (χ0) is 30.4. The molecule has 1 aromatic heterocycles. The Morgan fingerprint density at radius 3 is 2.35 bits per heavy atom. The molecule has 1 aromatic rings. The van der Waals surface area contributed by atoms with Crippen LogP contribution in [-0.2, 0) is 10.9 Å². The number of nitrogens with two attached hydrogens (primary N) is 1. The Bertz CT molecular complexity index is 1210. The summed E-state index contributed by atoms with van der Waals surface area (Å²) in [5, 5.41) is 0. The molecule has 0 aromatic carbocycles. The van der Waals surface area contributed by atoms with Crippen molar-refractivity contribution in [2.24, 2.45) is 16.8 Å². The smallest absolute Gasteiger partial charge is 0.418 e. The third-order valence-corrected chi connectivity index (χ3v) is 7.52. The molecule has 0 saturated carbocycles. The van der Waals surface area contributed by atoms with Crippen LogP contribution in [0.15, 0.2) is 52.3 Å². The summed E-state index contributed by atoms with van der Waals surface area (Å²) in [5.74, 6) is 0.203. The molecular formula is C31H44F4N4O. The molecule has 1 heterocycles. The number of allylic oxidation sites excluding steroid dienone is 7. The van der Waals surface area contributed by atoms with Gasteiger partial charge in [-0.3, -0.25) is 0 Å². The monoisotopic (exact) mass is 564 g/mol. The van der Waals surface area contributed by atoms with Gasteiger partial charge in [-0.25, -0.2) is 14.4 Å². The van der Waals surface area contributed by atoms with E-state index in [9.17, 15) is 13.2 Å². The lowest BCUT2D eigenvalue weighted by Crippen LogP contribution is -2.36. The molecule has 0 fully saturated rings. The highest BCUT2D eigenvalue weighted by atomic mass is 19.4. The van der Waals surface area contributed by atoms with Crippen molar-refractivity contribution in [2.75, 3.05) is 19.9 Å². The first-order chi connectivity index (χ1) is 18.7. The Balaban J connectivity index is 2.79. The molecule has 5 nitrogen and oxygen atoms in total. The number of ether oxygens (including phenoxy) is 1. The summed E-state index contributed by atoms with van der Waals surface area (Å²) < 4.78 is 63.5. The Hall–Kier alpha value is -3.10. The van der Waals surface area contributed by atoms with Crippen molar-refractivity contribution in [1.82, 2.24) is 9.88 Å². The predicted molar refractivity (Wildman–Crippen MR) is 156 cm³/mol. The molecule has 0 spiro atoms. The molecule has 0 bridgehead atoms. The van der Waals surface area contributed by atoms with Crippen LogP contribution >= 0.6 is 0 Å². The van der Waals surface area contributed by atoms with Crippen molar-refractivity contribution in [3.8, 4) is 0 Å². The quantitative estimate of drug-likeness (QED) is 0.216. The first-order valence-corrected chi connectivity index (χ1v) is 13.9.